The molecule has 0 saturated heterocycles. The molecule has 1 N–H and O–H groups in total. The lowest BCUT2D eigenvalue weighted by Gasteiger charge is -2.17. The van der Waals surface area contributed by atoms with Crippen LogP contribution in [0.1, 0.15) is 19.4 Å². The van der Waals surface area contributed by atoms with Gasteiger partial charge in [-0.15, -0.1) is 11.3 Å². The smallest absolute Gasteiger partial charge is 0.272 e. The number of ether oxygens (including phenoxy) is 1. The first-order valence-electron chi connectivity index (χ1n) is 7.68. The molecule has 0 aliphatic rings. The number of hydrogen-bond donors (Lipinski definition) is 1. The highest BCUT2D eigenvalue weighted by Gasteiger charge is 2.21. The van der Waals surface area contributed by atoms with E-state index in [0.717, 1.165) is 10.2 Å². The maximum Gasteiger partial charge on any atom is 0.272 e. The summed E-state index contributed by atoms with van der Waals surface area (Å²) in [6.07, 6.45) is 3.64. The zero-order valence-electron chi connectivity index (χ0n) is 13.5. The number of rotatable bonds is 6. The molecule has 0 aliphatic heterocycles. The highest BCUT2D eigenvalue weighted by molar-refractivity contribution is 7.25. The van der Waals surface area contributed by atoms with Crippen molar-refractivity contribution in [3.8, 4) is 0 Å². The third-order valence-corrected chi connectivity index (χ3v) is 4.90. The van der Waals surface area contributed by atoms with Crippen LogP contribution in [0, 0.1) is 0 Å². The van der Waals surface area contributed by atoms with E-state index in [9.17, 15) is 9.59 Å². The molecule has 0 saturated carbocycles. The van der Waals surface area contributed by atoms with E-state index in [4.69, 9.17) is 4.74 Å². The van der Waals surface area contributed by atoms with E-state index in [0.29, 0.717) is 29.8 Å². The summed E-state index contributed by atoms with van der Waals surface area (Å²) in [7, 11) is 1.57. The predicted octanol–water partition coefficient (Wildman–Crippen LogP) is 1.72. The van der Waals surface area contributed by atoms with Crippen LogP contribution in [0.25, 0.3) is 20.4 Å². The molecular formula is C16H18N4O3S. The number of aromatic nitrogens is 3. The van der Waals surface area contributed by atoms with Gasteiger partial charge in [0.1, 0.15) is 15.6 Å². The molecule has 7 nitrogen and oxygen atoms in total. The summed E-state index contributed by atoms with van der Waals surface area (Å²) in [5.41, 5.74) is 0.427. The van der Waals surface area contributed by atoms with Crippen molar-refractivity contribution in [1.82, 2.24) is 19.9 Å². The molecule has 8 heteroatoms. The number of methoxy groups -OCH3 is 1. The van der Waals surface area contributed by atoms with Crippen LogP contribution in [0.4, 0.5) is 0 Å². The fraction of sp³-hybridized carbons (Fsp3) is 0.375. The molecule has 0 aliphatic carbocycles. The van der Waals surface area contributed by atoms with Crippen LogP contribution in [0.5, 0.6) is 0 Å². The second kappa shape index (κ2) is 7.06. The number of thiophene rings is 1. The van der Waals surface area contributed by atoms with E-state index in [-0.39, 0.29) is 11.5 Å². The minimum absolute atomic E-state index is 0.211. The number of carbonyl (C=O) groups is 1. The van der Waals surface area contributed by atoms with Crippen molar-refractivity contribution in [3.63, 3.8) is 0 Å². The number of hydrogen-bond acceptors (Lipinski definition) is 6. The van der Waals surface area contributed by atoms with Crippen LogP contribution in [0.2, 0.25) is 0 Å². The molecule has 0 aromatic carbocycles. The Morgan fingerprint density at radius 3 is 3.04 bits per heavy atom. The van der Waals surface area contributed by atoms with E-state index in [2.05, 4.69) is 15.3 Å². The van der Waals surface area contributed by atoms with Crippen molar-refractivity contribution in [1.29, 1.82) is 0 Å². The molecule has 3 aromatic heterocycles. The lowest BCUT2D eigenvalue weighted by molar-refractivity contribution is -0.124. The molecule has 1 amide bonds. The summed E-state index contributed by atoms with van der Waals surface area (Å²) in [5.74, 6) is -0.211. The standard InChI is InChI=1S/C16H18N4O3S/c1-3-11(14(21)17-7-8-23-2)20-9-19-12-10-5-4-6-18-15(10)24-13(12)16(20)22/h4-6,9,11H,3,7-8H2,1-2H3,(H,17,21)/t11-/m1/s1. The zero-order chi connectivity index (χ0) is 17.1. The molecule has 3 heterocycles. The molecular weight excluding hydrogens is 328 g/mol. The van der Waals surface area contributed by atoms with Gasteiger partial charge in [-0.2, -0.15) is 0 Å². The van der Waals surface area contributed by atoms with Gasteiger partial charge in [-0.3, -0.25) is 14.2 Å². The molecule has 0 unspecified atom stereocenters. The summed E-state index contributed by atoms with van der Waals surface area (Å²) in [6.45, 7) is 2.70. The molecule has 1 atom stereocenters. The van der Waals surface area contributed by atoms with Gasteiger partial charge in [0.15, 0.2) is 0 Å². The number of fused-ring (bicyclic) bond motifs is 3. The Hall–Kier alpha value is -2.32. The highest BCUT2D eigenvalue weighted by Crippen LogP contribution is 2.28. The zero-order valence-corrected chi connectivity index (χ0v) is 14.3. The molecule has 3 rings (SSSR count). The Bertz CT molecular complexity index is 934. The van der Waals surface area contributed by atoms with Crippen LogP contribution in [0.15, 0.2) is 29.5 Å². The van der Waals surface area contributed by atoms with E-state index < -0.39 is 6.04 Å². The fourth-order valence-electron chi connectivity index (χ4n) is 2.61. The molecule has 0 spiro atoms. The summed E-state index contributed by atoms with van der Waals surface area (Å²) in [5, 5.41) is 3.64. The Morgan fingerprint density at radius 2 is 2.29 bits per heavy atom. The van der Waals surface area contributed by atoms with Crippen molar-refractivity contribution < 1.29 is 9.53 Å². The topological polar surface area (TPSA) is 86.1 Å². The lowest BCUT2D eigenvalue weighted by Crippen LogP contribution is -2.38. The van der Waals surface area contributed by atoms with Crippen LogP contribution in [-0.2, 0) is 9.53 Å². The van der Waals surface area contributed by atoms with Crippen molar-refractivity contribution >= 4 is 37.7 Å². The second-order valence-corrected chi connectivity index (χ2v) is 6.30. The number of nitrogens with one attached hydrogen (secondary N) is 1. The van der Waals surface area contributed by atoms with Gasteiger partial charge < -0.3 is 10.1 Å². The van der Waals surface area contributed by atoms with E-state index in [1.807, 2.05) is 19.1 Å². The van der Waals surface area contributed by atoms with Gasteiger partial charge in [-0.05, 0) is 18.6 Å². The Morgan fingerprint density at radius 1 is 1.46 bits per heavy atom. The average Bonchev–Trinajstić information content (AvgIpc) is 2.97. The van der Waals surface area contributed by atoms with Gasteiger partial charge in [0.2, 0.25) is 5.91 Å². The summed E-state index contributed by atoms with van der Waals surface area (Å²) >= 11 is 1.30. The Balaban J connectivity index is 2.02. The largest absolute Gasteiger partial charge is 0.383 e. The normalized spacial score (nSPS) is 12.6. The van der Waals surface area contributed by atoms with Crippen molar-refractivity contribution in [2.45, 2.75) is 19.4 Å². The van der Waals surface area contributed by atoms with Crippen molar-refractivity contribution in [3.05, 3.63) is 35.0 Å². The lowest BCUT2D eigenvalue weighted by atomic mass is 10.2. The van der Waals surface area contributed by atoms with E-state index >= 15 is 0 Å². The summed E-state index contributed by atoms with van der Waals surface area (Å²) in [6, 6.07) is 3.12. The highest BCUT2D eigenvalue weighted by atomic mass is 32.1. The summed E-state index contributed by atoms with van der Waals surface area (Å²) in [4.78, 5) is 34.6. The third-order valence-electron chi connectivity index (χ3n) is 3.81. The van der Waals surface area contributed by atoms with Gasteiger partial charge >= 0.3 is 0 Å². The number of pyridine rings is 1. The number of carbonyl (C=O) groups excluding carboxylic acids is 1. The third kappa shape index (κ3) is 2.90. The van der Waals surface area contributed by atoms with Crippen molar-refractivity contribution in [2.75, 3.05) is 20.3 Å². The van der Waals surface area contributed by atoms with Crippen LogP contribution in [-0.4, -0.2) is 40.7 Å². The van der Waals surface area contributed by atoms with Gasteiger partial charge in [0, 0.05) is 25.2 Å². The second-order valence-electron chi connectivity index (χ2n) is 5.30. The molecule has 0 bridgehead atoms. The van der Waals surface area contributed by atoms with Crippen LogP contribution in [0.3, 0.4) is 0 Å². The molecule has 24 heavy (non-hydrogen) atoms. The van der Waals surface area contributed by atoms with E-state index in [1.54, 1.807) is 13.3 Å². The number of nitrogens with zero attached hydrogens (tertiary/aromatic N) is 3. The first kappa shape index (κ1) is 16.5. The van der Waals surface area contributed by atoms with Crippen molar-refractivity contribution in [2.24, 2.45) is 0 Å². The Kier molecular flexibility index (Phi) is 4.86. The Labute approximate surface area is 142 Å². The van der Waals surface area contributed by atoms with E-state index in [1.165, 1.54) is 22.2 Å². The number of amides is 1. The minimum Gasteiger partial charge on any atom is -0.383 e. The maximum atomic E-state index is 12.8. The van der Waals surface area contributed by atoms with Gasteiger partial charge in [-0.25, -0.2) is 9.97 Å². The van der Waals surface area contributed by atoms with Gasteiger partial charge in [0.25, 0.3) is 5.56 Å². The predicted molar refractivity (Wildman–Crippen MR) is 93.4 cm³/mol. The summed E-state index contributed by atoms with van der Waals surface area (Å²) < 4.78 is 6.85. The SMILES string of the molecule is CC[C@H](C(=O)NCCOC)n1cnc2c(sc3ncccc32)c1=O. The molecule has 3 aromatic rings. The first-order valence-corrected chi connectivity index (χ1v) is 8.50. The van der Waals surface area contributed by atoms with Gasteiger partial charge in [-0.1, -0.05) is 6.92 Å². The van der Waals surface area contributed by atoms with Crippen LogP contribution >= 0.6 is 11.3 Å². The van der Waals surface area contributed by atoms with Gasteiger partial charge in [0.05, 0.1) is 18.5 Å². The first-order chi connectivity index (χ1) is 11.7. The monoisotopic (exact) mass is 346 g/mol. The average molecular weight is 346 g/mol. The molecule has 126 valence electrons. The maximum absolute atomic E-state index is 12.8. The fourth-order valence-corrected chi connectivity index (χ4v) is 3.64. The van der Waals surface area contributed by atoms with Crippen LogP contribution < -0.4 is 10.9 Å². The quantitative estimate of drug-likeness (QED) is 0.687. The minimum atomic E-state index is -0.593. The molecule has 0 fully saturated rings. The molecule has 0 radical (unpaired) electrons.